The lowest BCUT2D eigenvalue weighted by Crippen LogP contribution is -2.42. The minimum absolute atomic E-state index is 0.254. The van der Waals surface area contributed by atoms with Gasteiger partial charge in [0.15, 0.2) is 21.5 Å². The van der Waals surface area contributed by atoms with E-state index in [9.17, 15) is 8.42 Å². The number of sulfone groups is 1. The highest BCUT2D eigenvalue weighted by Crippen LogP contribution is 2.37. The first-order valence-corrected chi connectivity index (χ1v) is 14.5. The summed E-state index contributed by atoms with van der Waals surface area (Å²) in [7, 11) is -3.40. The molecule has 4 aromatic rings. The van der Waals surface area contributed by atoms with Crippen LogP contribution in [0.5, 0.6) is 0 Å². The summed E-state index contributed by atoms with van der Waals surface area (Å²) in [6.07, 6.45) is 3.04. The molecular formula is C24H28N6O3S2. The molecule has 1 aromatic carbocycles. The molecule has 2 fully saturated rings. The Morgan fingerprint density at radius 1 is 1.09 bits per heavy atom. The fourth-order valence-corrected chi connectivity index (χ4v) is 6.60. The third-order valence-corrected chi connectivity index (χ3v) is 8.81. The number of H-pyrrole nitrogens is 1. The summed E-state index contributed by atoms with van der Waals surface area (Å²) >= 11 is 1.76. The van der Waals surface area contributed by atoms with Crippen LogP contribution in [0.15, 0.2) is 35.4 Å². The molecule has 6 rings (SSSR count). The van der Waals surface area contributed by atoms with Gasteiger partial charge in [0.2, 0.25) is 0 Å². The van der Waals surface area contributed by atoms with Gasteiger partial charge in [-0.15, -0.1) is 11.3 Å². The highest BCUT2D eigenvalue weighted by molar-refractivity contribution is 7.90. The van der Waals surface area contributed by atoms with E-state index in [2.05, 4.69) is 26.2 Å². The van der Waals surface area contributed by atoms with Gasteiger partial charge in [0.05, 0.1) is 28.3 Å². The van der Waals surface area contributed by atoms with Crippen molar-refractivity contribution in [3.8, 4) is 11.4 Å². The van der Waals surface area contributed by atoms with Crippen LogP contribution in [0.2, 0.25) is 0 Å². The molecule has 0 radical (unpaired) electrons. The van der Waals surface area contributed by atoms with Crippen LogP contribution in [0, 0.1) is 0 Å². The number of ether oxygens (including phenoxy) is 1. The molecule has 184 valence electrons. The Bertz CT molecular complexity index is 1480. The molecular weight excluding hydrogens is 484 g/mol. The summed E-state index contributed by atoms with van der Waals surface area (Å²) in [5, 5.41) is 4.31. The van der Waals surface area contributed by atoms with Gasteiger partial charge in [-0.05, 0) is 24.3 Å². The SMILES string of the molecule is CS(=O)(=O)c1cc(-c2nc(N3CCOCC3)c3sc(CN4CCNCC4)cc3n2)c2cc[nH]c2c1. The van der Waals surface area contributed by atoms with Gasteiger partial charge in [0.1, 0.15) is 0 Å². The molecule has 0 bridgehead atoms. The Hall–Kier alpha value is -2.57. The third-order valence-electron chi connectivity index (χ3n) is 6.62. The second kappa shape index (κ2) is 9.14. The van der Waals surface area contributed by atoms with Gasteiger partial charge in [0.25, 0.3) is 0 Å². The Balaban J connectivity index is 1.51. The van der Waals surface area contributed by atoms with Crippen LogP contribution in [-0.2, 0) is 21.1 Å². The average molecular weight is 513 g/mol. The summed E-state index contributed by atoms with van der Waals surface area (Å²) in [6, 6.07) is 7.49. The van der Waals surface area contributed by atoms with E-state index in [1.54, 1.807) is 23.5 Å². The Kier molecular flexibility index (Phi) is 5.97. The van der Waals surface area contributed by atoms with E-state index in [0.717, 1.165) is 78.3 Å². The normalized spacial score (nSPS) is 18.0. The molecule has 0 atom stereocenters. The monoisotopic (exact) mass is 512 g/mol. The largest absolute Gasteiger partial charge is 0.378 e. The molecule has 0 saturated carbocycles. The number of rotatable bonds is 5. The zero-order chi connectivity index (χ0) is 24.0. The van der Waals surface area contributed by atoms with E-state index < -0.39 is 9.84 Å². The quantitative estimate of drug-likeness (QED) is 0.421. The maximum atomic E-state index is 12.4. The van der Waals surface area contributed by atoms with E-state index in [-0.39, 0.29) is 4.90 Å². The van der Waals surface area contributed by atoms with Gasteiger partial charge in [-0.25, -0.2) is 18.4 Å². The highest BCUT2D eigenvalue weighted by Gasteiger charge is 2.23. The molecule has 9 nitrogen and oxygen atoms in total. The molecule has 0 unspecified atom stereocenters. The number of anilines is 1. The van der Waals surface area contributed by atoms with Crippen LogP contribution in [0.1, 0.15) is 4.88 Å². The van der Waals surface area contributed by atoms with E-state index in [0.29, 0.717) is 19.0 Å². The van der Waals surface area contributed by atoms with Crippen molar-refractivity contribution >= 4 is 48.1 Å². The minimum atomic E-state index is -3.40. The smallest absolute Gasteiger partial charge is 0.175 e. The lowest BCUT2D eigenvalue weighted by atomic mass is 10.1. The van der Waals surface area contributed by atoms with Gasteiger partial charge < -0.3 is 19.9 Å². The number of piperazine rings is 1. The van der Waals surface area contributed by atoms with Gasteiger partial charge >= 0.3 is 0 Å². The lowest BCUT2D eigenvalue weighted by molar-refractivity contribution is 0.122. The maximum absolute atomic E-state index is 12.4. The van der Waals surface area contributed by atoms with Crippen LogP contribution in [0.25, 0.3) is 32.5 Å². The molecule has 2 saturated heterocycles. The fourth-order valence-electron chi connectivity index (χ4n) is 4.78. The average Bonchev–Trinajstić information content (AvgIpc) is 3.50. The third kappa shape index (κ3) is 4.54. The van der Waals surface area contributed by atoms with Crippen molar-refractivity contribution in [2.45, 2.75) is 11.4 Å². The number of morpholine rings is 1. The first-order chi connectivity index (χ1) is 17.0. The molecule has 3 aromatic heterocycles. The summed E-state index contributed by atoms with van der Waals surface area (Å²) in [4.78, 5) is 19.4. The number of aromatic amines is 1. The van der Waals surface area contributed by atoms with Gasteiger partial charge in [-0.1, -0.05) is 0 Å². The summed E-state index contributed by atoms with van der Waals surface area (Å²) in [6.45, 7) is 7.83. The number of nitrogens with zero attached hydrogens (tertiary/aromatic N) is 4. The minimum Gasteiger partial charge on any atom is -0.378 e. The van der Waals surface area contributed by atoms with Crippen molar-refractivity contribution in [3.05, 3.63) is 35.3 Å². The number of fused-ring (bicyclic) bond motifs is 2. The maximum Gasteiger partial charge on any atom is 0.175 e. The molecule has 2 aliphatic heterocycles. The molecule has 5 heterocycles. The lowest BCUT2D eigenvalue weighted by Gasteiger charge is -2.28. The number of benzene rings is 1. The number of aromatic nitrogens is 3. The topological polar surface area (TPSA) is 103 Å². The van der Waals surface area contributed by atoms with E-state index >= 15 is 0 Å². The summed E-state index contributed by atoms with van der Waals surface area (Å²) in [5.41, 5.74) is 2.37. The molecule has 0 spiro atoms. The van der Waals surface area contributed by atoms with Gasteiger partial charge in [-0.3, -0.25) is 4.90 Å². The fraction of sp³-hybridized carbons (Fsp3) is 0.417. The van der Waals surface area contributed by atoms with Gasteiger partial charge in [-0.2, -0.15) is 0 Å². The highest BCUT2D eigenvalue weighted by atomic mass is 32.2. The van der Waals surface area contributed by atoms with Crippen LogP contribution in [0.3, 0.4) is 0 Å². The van der Waals surface area contributed by atoms with Crippen molar-refractivity contribution in [2.24, 2.45) is 0 Å². The van der Waals surface area contributed by atoms with Crippen LogP contribution < -0.4 is 10.2 Å². The predicted octanol–water partition coefficient (Wildman–Crippen LogP) is 2.48. The predicted molar refractivity (Wildman–Crippen MR) is 139 cm³/mol. The molecule has 11 heteroatoms. The Labute approximate surface area is 208 Å². The number of hydrogen-bond acceptors (Lipinski definition) is 9. The molecule has 2 N–H and O–H groups in total. The second-order valence-electron chi connectivity index (χ2n) is 9.11. The van der Waals surface area contributed by atoms with Crippen molar-refractivity contribution < 1.29 is 13.2 Å². The van der Waals surface area contributed by atoms with E-state index in [1.165, 1.54) is 11.1 Å². The van der Waals surface area contributed by atoms with E-state index in [1.807, 2.05) is 12.3 Å². The molecule has 2 aliphatic rings. The van der Waals surface area contributed by atoms with Crippen molar-refractivity contribution in [1.29, 1.82) is 0 Å². The number of thiophene rings is 1. The summed E-state index contributed by atoms with van der Waals surface area (Å²) in [5.74, 6) is 1.44. The molecule has 0 amide bonds. The van der Waals surface area contributed by atoms with Crippen LogP contribution in [-0.4, -0.2) is 87.0 Å². The second-order valence-corrected chi connectivity index (χ2v) is 12.3. The van der Waals surface area contributed by atoms with Crippen molar-refractivity contribution in [1.82, 2.24) is 25.2 Å². The van der Waals surface area contributed by atoms with Crippen molar-refractivity contribution in [2.75, 3.05) is 63.6 Å². The Morgan fingerprint density at radius 2 is 1.89 bits per heavy atom. The first kappa shape index (κ1) is 22.9. The Morgan fingerprint density at radius 3 is 2.66 bits per heavy atom. The molecule has 0 aliphatic carbocycles. The van der Waals surface area contributed by atoms with Crippen LogP contribution >= 0.6 is 11.3 Å². The van der Waals surface area contributed by atoms with Crippen LogP contribution in [0.4, 0.5) is 5.82 Å². The number of hydrogen-bond donors (Lipinski definition) is 2. The van der Waals surface area contributed by atoms with Gasteiger partial charge in [0, 0.05) is 79.6 Å². The number of nitrogens with one attached hydrogen (secondary N) is 2. The first-order valence-electron chi connectivity index (χ1n) is 11.8. The van der Waals surface area contributed by atoms with E-state index in [4.69, 9.17) is 14.7 Å². The zero-order valence-corrected chi connectivity index (χ0v) is 21.2. The van der Waals surface area contributed by atoms with Crippen molar-refractivity contribution in [3.63, 3.8) is 0 Å². The standard InChI is InChI=1S/C24H28N6O3S2/c1-35(31,32)17-13-19(18-2-3-26-20(18)14-17)23-27-21-12-16(15-29-6-4-25-5-7-29)34-22(21)24(28-23)30-8-10-33-11-9-30/h2-3,12-14,25-26H,4-11,15H2,1H3. The summed E-state index contributed by atoms with van der Waals surface area (Å²) < 4.78 is 31.5. The zero-order valence-electron chi connectivity index (χ0n) is 19.6. The molecule has 35 heavy (non-hydrogen) atoms.